The molecule has 1 aromatic carbocycles. The van der Waals surface area contributed by atoms with Gasteiger partial charge in [0.25, 0.3) is 5.91 Å². The smallest absolute Gasteiger partial charge is 0.256 e. The number of rotatable bonds is 5. The minimum Gasteiger partial charge on any atom is -0.494 e. The molecule has 3 rings (SSSR count). The van der Waals surface area contributed by atoms with Crippen molar-refractivity contribution >= 4 is 17.5 Å². The van der Waals surface area contributed by atoms with Gasteiger partial charge in [0.15, 0.2) is 0 Å². The van der Waals surface area contributed by atoms with Gasteiger partial charge in [0.2, 0.25) is 0 Å². The molecule has 1 amide bonds. The van der Waals surface area contributed by atoms with Crippen LogP contribution in [-0.2, 0) is 0 Å². The number of hydrogen-bond donors (Lipinski definition) is 1. The van der Waals surface area contributed by atoms with E-state index in [9.17, 15) is 4.79 Å². The highest BCUT2D eigenvalue weighted by Crippen LogP contribution is 2.20. The van der Waals surface area contributed by atoms with Gasteiger partial charge in [0.05, 0.1) is 6.61 Å². The number of ether oxygens (including phenoxy) is 1. The molecule has 6 nitrogen and oxygen atoms in total. The van der Waals surface area contributed by atoms with E-state index >= 15 is 0 Å². The van der Waals surface area contributed by atoms with Crippen LogP contribution in [0.5, 0.6) is 5.75 Å². The van der Waals surface area contributed by atoms with E-state index in [4.69, 9.17) is 4.74 Å². The van der Waals surface area contributed by atoms with Gasteiger partial charge < -0.3 is 15.0 Å². The van der Waals surface area contributed by atoms with E-state index in [0.29, 0.717) is 18.0 Å². The first-order valence-corrected chi connectivity index (χ1v) is 7.87. The van der Waals surface area contributed by atoms with Crippen LogP contribution in [0.3, 0.4) is 0 Å². The molecule has 1 saturated heterocycles. The molecule has 0 atom stereocenters. The van der Waals surface area contributed by atoms with Crippen molar-refractivity contribution in [2.75, 3.05) is 29.9 Å². The van der Waals surface area contributed by atoms with E-state index < -0.39 is 0 Å². The molecule has 120 valence electrons. The summed E-state index contributed by atoms with van der Waals surface area (Å²) in [5.41, 5.74) is 0.565. The monoisotopic (exact) mass is 312 g/mol. The molecule has 0 aliphatic carbocycles. The Kier molecular flexibility index (Phi) is 4.71. The molecular formula is C17H20N4O2. The van der Waals surface area contributed by atoms with Crippen LogP contribution >= 0.6 is 0 Å². The van der Waals surface area contributed by atoms with E-state index in [0.717, 1.165) is 24.7 Å². The molecule has 6 heteroatoms. The molecule has 0 saturated carbocycles. The van der Waals surface area contributed by atoms with Gasteiger partial charge in [-0.25, -0.2) is 9.97 Å². The van der Waals surface area contributed by atoms with Gasteiger partial charge in [0.1, 0.15) is 23.7 Å². The molecule has 1 aliphatic rings. The highest BCUT2D eigenvalue weighted by molar-refractivity contribution is 6.03. The zero-order chi connectivity index (χ0) is 16.1. The van der Waals surface area contributed by atoms with Crippen LogP contribution in [0, 0.1) is 0 Å². The molecule has 0 radical (unpaired) electrons. The Morgan fingerprint density at radius 2 is 1.96 bits per heavy atom. The summed E-state index contributed by atoms with van der Waals surface area (Å²) in [7, 11) is 0. The maximum Gasteiger partial charge on any atom is 0.256 e. The number of aromatic nitrogens is 2. The van der Waals surface area contributed by atoms with Gasteiger partial charge in [0, 0.05) is 24.7 Å². The van der Waals surface area contributed by atoms with Gasteiger partial charge in [-0.3, -0.25) is 4.79 Å². The molecule has 0 unspecified atom stereocenters. The molecule has 1 N–H and O–H groups in total. The normalized spacial score (nSPS) is 13.9. The lowest BCUT2D eigenvalue weighted by Crippen LogP contribution is -2.20. The van der Waals surface area contributed by atoms with Gasteiger partial charge in [-0.2, -0.15) is 0 Å². The van der Waals surface area contributed by atoms with Crippen LogP contribution in [0.2, 0.25) is 0 Å². The topological polar surface area (TPSA) is 67.3 Å². The van der Waals surface area contributed by atoms with Gasteiger partial charge in [-0.15, -0.1) is 0 Å². The van der Waals surface area contributed by atoms with Crippen LogP contribution in [0.15, 0.2) is 36.7 Å². The zero-order valence-corrected chi connectivity index (χ0v) is 13.2. The number of benzene rings is 1. The fourth-order valence-corrected chi connectivity index (χ4v) is 2.59. The van der Waals surface area contributed by atoms with E-state index in [1.54, 1.807) is 24.3 Å². The summed E-state index contributed by atoms with van der Waals surface area (Å²) in [6.45, 7) is 4.53. The second-order valence-corrected chi connectivity index (χ2v) is 5.37. The van der Waals surface area contributed by atoms with Crippen molar-refractivity contribution in [3.63, 3.8) is 0 Å². The fraction of sp³-hybridized carbons (Fsp3) is 0.353. The van der Waals surface area contributed by atoms with Gasteiger partial charge in [-0.1, -0.05) is 0 Å². The van der Waals surface area contributed by atoms with E-state index in [2.05, 4.69) is 20.2 Å². The SMILES string of the molecule is CCOc1ccc(C(=O)Nc2cc(N3CCCC3)ncn2)cc1. The van der Waals surface area contributed by atoms with Crippen molar-refractivity contribution in [1.29, 1.82) is 0 Å². The van der Waals surface area contributed by atoms with E-state index in [-0.39, 0.29) is 5.91 Å². The van der Waals surface area contributed by atoms with Crippen molar-refractivity contribution in [2.45, 2.75) is 19.8 Å². The summed E-state index contributed by atoms with van der Waals surface area (Å²) in [5, 5.41) is 2.82. The van der Waals surface area contributed by atoms with Crippen molar-refractivity contribution < 1.29 is 9.53 Å². The first-order valence-electron chi connectivity index (χ1n) is 7.87. The minimum atomic E-state index is -0.195. The van der Waals surface area contributed by atoms with Crippen LogP contribution in [-0.4, -0.2) is 35.6 Å². The third kappa shape index (κ3) is 3.77. The maximum absolute atomic E-state index is 12.3. The van der Waals surface area contributed by atoms with Crippen LogP contribution in [0.1, 0.15) is 30.1 Å². The predicted molar refractivity (Wildman–Crippen MR) is 89.0 cm³/mol. The molecule has 1 aromatic heterocycles. The van der Waals surface area contributed by atoms with Crippen LogP contribution in [0.4, 0.5) is 11.6 Å². The molecule has 0 bridgehead atoms. The van der Waals surface area contributed by atoms with Crippen molar-refractivity contribution in [3.05, 3.63) is 42.2 Å². The third-order valence-electron chi connectivity index (χ3n) is 3.75. The maximum atomic E-state index is 12.3. The van der Waals surface area contributed by atoms with Crippen LogP contribution < -0.4 is 15.0 Å². The van der Waals surface area contributed by atoms with E-state index in [1.807, 2.05) is 13.0 Å². The van der Waals surface area contributed by atoms with Gasteiger partial charge >= 0.3 is 0 Å². The Morgan fingerprint density at radius 3 is 2.65 bits per heavy atom. The minimum absolute atomic E-state index is 0.195. The standard InChI is InChI=1S/C17H20N4O2/c1-2-23-14-7-5-13(6-8-14)17(22)20-15-11-16(19-12-18-15)21-9-3-4-10-21/h5-8,11-12H,2-4,9-10H2,1H3,(H,18,19,20,22). The molecule has 2 aromatic rings. The molecule has 1 aliphatic heterocycles. The quantitative estimate of drug-likeness (QED) is 0.919. The van der Waals surface area contributed by atoms with Crippen molar-refractivity contribution in [3.8, 4) is 5.75 Å². The lowest BCUT2D eigenvalue weighted by molar-refractivity contribution is 0.102. The largest absolute Gasteiger partial charge is 0.494 e. The average molecular weight is 312 g/mol. The Morgan fingerprint density at radius 1 is 1.22 bits per heavy atom. The number of amides is 1. The number of carbonyl (C=O) groups is 1. The first kappa shape index (κ1) is 15.3. The molecule has 0 spiro atoms. The third-order valence-corrected chi connectivity index (χ3v) is 3.75. The number of nitrogens with zero attached hydrogens (tertiary/aromatic N) is 3. The summed E-state index contributed by atoms with van der Waals surface area (Å²) in [4.78, 5) is 22.9. The summed E-state index contributed by atoms with van der Waals surface area (Å²) >= 11 is 0. The second kappa shape index (κ2) is 7.09. The Bertz CT molecular complexity index is 667. The van der Waals surface area contributed by atoms with Crippen LogP contribution in [0.25, 0.3) is 0 Å². The van der Waals surface area contributed by atoms with Gasteiger partial charge in [-0.05, 0) is 44.0 Å². The number of nitrogens with one attached hydrogen (secondary N) is 1. The summed E-state index contributed by atoms with van der Waals surface area (Å²) in [5.74, 6) is 1.93. The number of anilines is 2. The summed E-state index contributed by atoms with van der Waals surface area (Å²) in [6, 6.07) is 8.87. The lowest BCUT2D eigenvalue weighted by Gasteiger charge is -2.16. The Hall–Kier alpha value is -2.63. The average Bonchev–Trinajstić information content (AvgIpc) is 3.11. The highest BCUT2D eigenvalue weighted by Gasteiger charge is 2.15. The summed E-state index contributed by atoms with van der Waals surface area (Å²) in [6.07, 6.45) is 3.84. The molecule has 23 heavy (non-hydrogen) atoms. The lowest BCUT2D eigenvalue weighted by atomic mass is 10.2. The molecule has 1 fully saturated rings. The van der Waals surface area contributed by atoms with E-state index in [1.165, 1.54) is 19.2 Å². The molecular weight excluding hydrogens is 292 g/mol. The van der Waals surface area contributed by atoms with Crippen molar-refractivity contribution in [2.24, 2.45) is 0 Å². The molecule has 2 heterocycles. The Labute approximate surface area is 135 Å². The fourth-order valence-electron chi connectivity index (χ4n) is 2.59. The zero-order valence-electron chi connectivity index (χ0n) is 13.2. The highest BCUT2D eigenvalue weighted by atomic mass is 16.5. The van der Waals surface area contributed by atoms with Crippen molar-refractivity contribution in [1.82, 2.24) is 9.97 Å². The number of hydrogen-bond acceptors (Lipinski definition) is 5. The first-order chi connectivity index (χ1) is 11.3. The second-order valence-electron chi connectivity index (χ2n) is 5.37. The predicted octanol–water partition coefficient (Wildman–Crippen LogP) is 2.73. The number of carbonyl (C=O) groups excluding carboxylic acids is 1. The summed E-state index contributed by atoms with van der Waals surface area (Å²) < 4.78 is 5.37. The Balaban J connectivity index is 1.68.